The molecule has 0 radical (unpaired) electrons. The molecule has 1 unspecified atom stereocenters. The summed E-state index contributed by atoms with van der Waals surface area (Å²) in [4.78, 5) is 24.3. The van der Waals surface area contributed by atoms with Crippen LogP contribution in [0.15, 0.2) is 18.2 Å². The van der Waals surface area contributed by atoms with Crippen LogP contribution in [-0.2, 0) is 4.79 Å². The van der Waals surface area contributed by atoms with E-state index in [-0.39, 0.29) is 18.9 Å². The lowest BCUT2D eigenvalue weighted by atomic mass is 10.1. The molecule has 1 aliphatic heterocycles. The van der Waals surface area contributed by atoms with Gasteiger partial charge in [-0.15, -0.1) is 0 Å². The predicted octanol–water partition coefficient (Wildman–Crippen LogP) is 1.33. The number of carboxylic acids is 1. The van der Waals surface area contributed by atoms with E-state index in [9.17, 15) is 14.0 Å². The van der Waals surface area contributed by atoms with Crippen LogP contribution in [0.4, 0.5) is 4.39 Å². The average molecular weight is 295 g/mol. The summed E-state index contributed by atoms with van der Waals surface area (Å²) in [5.74, 6) is -1.91. The maximum Gasteiger partial charge on any atom is 0.343 e. The molecule has 1 atom stereocenters. The van der Waals surface area contributed by atoms with Gasteiger partial charge in [0.25, 0.3) is 5.91 Å². The zero-order valence-corrected chi connectivity index (χ0v) is 11.1. The number of rotatable bonds is 2. The molecule has 0 saturated carbocycles. The second-order valence-electron chi connectivity index (χ2n) is 4.71. The second-order valence-corrected chi connectivity index (χ2v) is 5.24. The van der Waals surface area contributed by atoms with Gasteiger partial charge in [-0.05, 0) is 18.2 Å². The van der Waals surface area contributed by atoms with Crippen LogP contribution in [0.2, 0.25) is 0 Å². The molecular formula is C12H10FN3O3S. The Balaban J connectivity index is 1.84. The first kappa shape index (κ1) is 12.9. The minimum absolute atomic E-state index is 0.0922. The van der Waals surface area contributed by atoms with E-state index in [1.54, 1.807) is 18.2 Å². The first-order valence-electron chi connectivity index (χ1n) is 5.93. The molecule has 0 aliphatic carbocycles. The van der Waals surface area contributed by atoms with E-state index in [2.05, 4.69) is 8.75 Å². The fourth-order valence-electron chi connectivity index (χ4n) is 2.22. The number of alkyl halides is 1. The fourth-order valence-corrected chi connectivity index (χ4v) is 2.74. The number of carbonyl (C=O) groups excluding carboxylic acids is 1. The van der Waals surface area contributed by atoms with Gasteiger partial charge < -0.3 is 10.0 Å². The molecule has 6 nitrogen and oxygen atoms in total. The molecule has 20 heavy (non-hydrogen) atoms. The van der Waals surface area contributed by atoms with Gasteiger partial charge >= 0.3 is 5.97 Å². The number of benzene rings is 1. The van der Waals surface area contributed by atoms with E-state index >= 15 is 0 Å². The normalized spacial score (nSPS) is 22.4. The first-order valence-corrected chi connectivity index (χ1v) is 6.66. The van der Waals surface area contributed by atoms with Gasteiger partial charge in [0.05, 0.1) is 18.3 Å². The molecule has 1 saturated heterocycles. The molecule has 3 rings (SSSR count). The zero-order valence-electron chi connectivity index (χ0n) is 10.2. The molecule has 1 amide bonds. The van der Waals surface area contributed by atoms with Crippen molar-refractivity contribution in [3.8, 4) is 0 Å². The van der Waals surface area contributed by atoms with Gasteiger partial charge in [0.2, 0.25) is 5.67 Å². The summed E-state index contributed by atoms with van der Waals surface area (Å²) in [5, 5.41) is 8.83. The van der Waals surface area contributed by atoms with Crippen molar-refractivity contribution in [2.75, 3.05) is 13.1 Å². The number of nitrogens with zero attached hydrogens (tertiary/aromatic N) is 3. The van der Waals surface area contributed by atoms with E-state index < -0.39 is 18.2 Å². The molecule has 0 spiro atoms. The molecule has 1 N–H and O–H groups in total. The Morgan fingerprint density at radius 3 is 2.80 bits per heavy atom. The van der Waals surface area contributed by atoms with Gasteiger partial charge in [-0.25, -0.2) is 9.18 Å². The number of amides is 1. The molecule has 2 aromatic rings. The van der Waals surface area contributed by atoms with Crippen molar-refractivity contribution >= 4 is 34.6 Å². The maximum absolute atomic E-state index is 14.0. The average Bonchev–Trinajstić information content (AvgIpc) is 3.04. The quantitative estimate of drug-likeness (QED) is 0.903. The molecule has 1 aromatic heterocycles. The van der Waals surface area contributed by atoms with Crippen molar-refractivity contribution in [3.63, 3.8) is 0 Å². The summed E-state index contributed by atoms with van der Waals surface area (Å²) in [5.41, 5.74) is -0.690. The Labute approximate surface area is 117 Å². The van der Waals surface area contributed by atoms with E-state index in [1.807, 2.05) is 0 Å². The van der Waals surface area contributed by atoms with Crippen LogP contribution in [0.1, 0.15) is 16.8 Å². The Kier molecular flexibility index (Phi) is 2.89. The maximum atomic E-state index is 14.0. The Hall–Kier alpha value is -2.09. The van der Waals surface area contributed by atoms with Crippen molar-refractivity contribution in [1.82, 2.24) is 13.6 Å². The lowest BCUT2D eigenvalue weighted by Gasteiger charge is -2.17. The van der Waals surface area contributed by atoms with E-state index in [0.717, 1.165) is 11.7 Å². The van der Waals surface area contributed by atoms with E-state index in [4.69, 9.17) is 5.11 Å². The van der Waals surface area contributed by atoms with Crippen LogP contribution in [0, 0.1) is 0 Å². The minimum Gasteiger partial charge on any atom is -0.479 e. The van der Waals surface area contributed by atoms with E-state index in [0.29, 0.717) is 16.6 Å². The number of likely N-dealkylation sites (tertiary alicyclic amines) is 1. The third kappa shape index (κ3) is 2.01. The Bertz CT molecular complexity index is 704. The highest BCUT2D eigenvalue weighted by molar-refractivity contribution is 7.00. The Morgan fingerprint density at radius 2 is 2.10 bits per heavy atom. The highest BCUT2D eigenvalue weighted by Gasteiger charge is 2.46. The standard InChI is InChI=1S/C12H10FN3O3S/c13-12(11(18)19)3-4-16(6-12)10(17)7-1-2-8-9(5-7)15-20-14-8/h1-2,5H,3-4,6H2,(H,18,19). The number of hydrogen-bond donors (Lipinski definition) is 1. The smallest absolute Gasteiger partial charge is 0.343 e. The molecule has 1 fully saturated rings. The van der Waals surface area contributed by atoms with Crippen LogP contribution in [0.3, 0.4) is 0 Å². The van der Waals surface area contributed by atoms with Gasteiger partial charge in [-0.3, -0.25) is 4.79 Å². The monoisotopic (exact) mass is 295 g/mol. The molecular weight excluding hydrogens is 285 g/mol. The van der Waals surface area contributed by atoms with Gasteiger partial charge in [0, 0.05) is 18.5 Å². The van der Waals surface area contributed by atoms with Crippen LogP contribution in [-0.4, -0.2) is 49.4 Å². The predicted molar refractivity (Wildman–Crippen MR) is 69.4 cm³/mol. The number of aromatic nitrogens is 2. The van der Waals surface area contributed by atoms with Gasteiger partial charge in [0.1, 0.15) is 11.0 Å². The topological polar surface area (TPSA) is 83.4 Å². The lowest BCUT2D eigenvalue weighted by Crippen LogP contribution is -2.38. The summed E-state index contributed by atoms with van der Waals surface area (Å²) in [6.45, 7) is -0.330. The summed E-state index contributed by atoms with van der Waals surface area (Å²) in [7, 11) is 0. The van der Waals surface area contributed by atoms with Crippen molar-refractivity contribution in [1.29, 1.82) is 0 Å². The number of aliphatic carboxylic acids is 1. The molecule has 2 heterocycles. The van der Waals surface area contributed by atoms with Gasteiger partial charge in [-0.1, -0.05) is 0 Å². The fraction of sp³-hybridized carbons (Fsp3) is 0.333. The number of halogens is 1. The van der Waals surface area contributed by atoms with Gasteiger partial charge in [0.15, 0.2) is 0 Å². The SMILES string of the molecule is O=C(c1ccc2nsnc2c1)N1CCC(F)(C(=O)O)C1. The summed E-state index contributed by atoms with van der Waals surface area (Å²) in [6, 6.07) is 4.84. The third-order valence-electron chi connectivity index (χ3n) is 3.39. The first-order chi connectivity index (χ1) is 9.49. The number of hydrogen-bond acceptors (Lipinski definition) is 5. The molecule has 8 heteroatoms. The van der Waals surface area contributed by atoms with Crippen molar-refractivity contribution in [2.24, 2.45) is 0 Å². The summed E-state index contributed by atoms with van der Waals surface area (Å²) < 4.78 is 22.0. The zero-order chi connectivity index (χ0) is 14.3. The lowest BCUT2D eigenvalue weighted by molar-refractivity contribution is -0.149. The second kappa shape index (κ2) is 4.48. The van der Waals surface area contributed by atoms with Crippen LogP contribution in [0.5, 0.6) is 0 Å². The van der Waals surface area contributed by atoms with Gasteiger partial charge in [-0.2, -0.15) is 8.75 Å². The Morgan fingerprint density at radius 1 is 1.35 bits per heavy atom. The van der Waals surface area contributed by atoms with Crippen molar-refractivity contribution in [3.05, 3.63) is 23.8 Å². The summed E-state index contributed by atoms with van der Waals surface area (Å²) >= 11 is 1.05. The number of fused-ring (bicyclic) bond motifs is 1. The number of carbonyl (C=O) groups is 2. The van der Waals surface area contributed by atoms with Crippen LogP contribution in [0.25, 0.3) is 11.0 Å². The van der Waals surface area contributed by atoms with E-state index in [1.165, 1.54) is 4.90 Å². The van der Waals surface area contributed by atoms with Crippen molar-refractivity contribution < 1.29 is 19.1 Å². The minimum atomic E-state index is -2.35. The van der Waals surface area contributed by atoms with Crippen molar-refractivity contribution in [2.45, 2.75) is 12.1 Å². The highest BCUT2D eigenvalue weighted by Crippen LogP contribution is 2.27. The third-order valence-corrected chi connectivity index (χ3v) is 3.95. The highest BCUT2D eigenvalue weighted by atomic mass is 32.1. The number of carboxylic acid groups (broad SMARTS) is 1. The summed E-state index contributed by atoms with van der Waals surface area (Å²) in [6.07, 6.45) is -0.186. The van der Waals surface area contributed by atoms with Crippen LogP contribution < -0.4 is 0 Å². The molecule has 1 aliphatic rings. The molecule has 0 bridgehead atoms. The largest absolute Gasteiger partial charge is 0.479 e. The molecule has 1 aromatic carbocycles. The molecule has 104 valence electrons. The van der Waals surface area contributed by atoms with Crippen LogP contribution >= 0.6 is 11.7 Å².